The van der Waals surface area contributed by atoms with Crippen LogP contribution in [0.2, 0.25) is 0 Å². The fraction of sp³-hybridized carbons (Fsp3) is 0.175. The van der Waals surface area contributed by atoms with Crippen LogP contribution in [0.3, 0.4) is 0 Å². The van der Waals surface area contributed by atoms with E-state index in [-0.39, 0.29) is 228 Å². The van der Waals surface area contributed by atoms with Crippen LogP contribution < -0.4 is 169 Å². The molecule has 0 unspecified atom stereocenters. The number of nitrogens with one attached hydrogen (secondary N) is 4. The van der Waals surface area contributed by atoms with E-state index in [2.05, 4.69) is 64.2 Å². The van der Waals surface area contributed by atoms with Gasteiger partial charge in [0.2, 0.25) is 23.8 Å². The van der Waals surface area contributed by atoms with Gasteiger partial charge in [0.1, 0.15) is 42.5 Å². The minimum Gasteiger partial charge on any atom is -0.748 e. The normalized spacial score (nSPS) is 11.1. The van der Waals surface area contributed by atoms with E-state index in [1.165, 1.54) is 54.6 Å². The number of anilines is 8. The molecule has 43 heteroatoms. The van der Waals surface area contributed by atoms with Crippen LogP contribution in [-0.4, -0.2) is 128 Å². The Bertz CT molecular complexity index is 4070. The molecule has 0 atom stereocenters. The molecular formula is C40H37N10Na5O21S7. The zero-order valence-corrected chi connectivity index (χ0v) is 60.2. The topological polar surface area (TPSA) is 497 Å². The predicted molar refractivity (Wildman–Crippen MR) is 268 cm³/mol. The van der Waals surface area contributed by atoms with Crippen LogP contribution in [0.5, 0.6) is 0 Å². The van der Waals surface area contributed by atoms with E-state index in [0.29, 0.717) is 12.0 Å². The summed E-state index contributed by atoms with van der Waals surface area (Å²) in [6, 6.07) is 17.6. The molecule has 0 aliphatic heterocycles. The van der Waals surface area contributed by atoms with Crippen LogP contribution in [0.25, 0.3) is 12.2 Å². The van der Waals surface area contributed by atoms with E-state index < -0.39 is 105 Å². The molecule has 0 saturated heterocycles. The molecular weight excluding hydrogens is 1300 g/mol. The second kappa shape index (κ2) is 36.8. The Kier molecular flexibility index (Phi) is 36.7. The molecule has 2 heterocycles. The molecule has 6 aromatic rings. The molecule has 0 bridgehead atoms. The van der Waals surface area contributed by atoms with Crippen LogP contribution in [-0.2, 0) is 94.6 Å². The van der Waals surface area contributed by atoms with Crippen LogP contribution in [0, 0.1) is 19.9 Å². The first-order valence-electron chi connectivity index (χ1n) is 20.7. The fourth-order valence-corrected chi connectivity index (χ4v) is 9.25. The minimum atomic E-state index is -5.02. The van der Waals surface area contributed by atoms with Gasteiger partial charge in [-0.05, 0) is 76.9 Å². The SMILES string of the molecule is O=S(=O)=O.O=S(=O)=O.[CH2-]CCc1nc(Nc2ccc(/C=C/c3ccc(Nc4nc(CCS(=O)(=O)[O-])nc(Nc5c[c-]ccc5S(=O)(=O)[O-])n4)cc3CS(=O)(=O)O)c(S(=O)(=O)OC)c2)nc(Nc2cc(S(=O)(=O)[O-])ccc2C)n1.[Na+].[Na+].[Na+].[Na+].[Na+]. The molecule has 0 fully saturated rings. The summed E-state index contributed by atoms with van der Waals surface area (Å²) in [5, 5.41) is 11.1. The molecule has 2 aromatic heterocycles. The van der Waals surface area contributed by atoms with Gasteiger partial charge in [0.05, 0.1) is 22.1 Å². The molecule has 0 aliphatic rings. The van der Waals surface area contributed by atoms with Gasteiger partial charge in [-0.3, -0.25) is 8.74 Å². The third-order valence-electron chi connectivity index (χ3n) is 9.36. The molecule has 4 aromatic carbocycles. The van der Waals surface area contributed by atoms with Gasteiger partial charge in [0.25, 0.3) is 20.2 Å². The Balaban J connectivity index is 0. The molecule has 31 nitrogen and oxygen atoms in total. The van der Waals surface area contributed by atoms with Crippen LogP contribution >= 0.6 is 0 Å². The molecule has 5 N–H and O–H groups in total. The summed E-state index contributed by atoms with van der Waals surface area (Å²) < 4.78 is 221. The Labute approximate surface area is 590 Å². The van der Waals surface area contributed by atoms with E-state index in [1.54, 1.807) is 6.92 Å². The van der Waals surface area contributed by atoms with Crippen LogP contribution in [0.15, 0.2) is 87.5 Å². The van der Waals surface area contributed by atoms with E-state index >= 15 is 0 Å². The first-order valence-corrected chi connectivity index (χ1v) is 30.1. The first-order chi connectivity index (χ1) is 36.1. The van der Waals surface area contributed by atoms with Crippen molar-refractivity contribution in [2.45, 2.75) is 46.6 Å². The predicted octanol–water partition coefficient (Wildman–Crippen LogP) is -13.3. The summed E-state index contributed by atoms with van der Waals surface area (Å²) in [4.78, 5) is 23.7. The molecule has 0 amide bonds. The maximum atomic E-state index is 13.3. The van der Waals surface area contributed by atoms with Gasteiger partial charge in [-0.1, -0.05) is 36.0 Å². The van der Waals surface area contributed by atoms with Crippen molar-refractivity contribution >= 4 is 131 Å². The Morgan fingerprint density at radius 3 is 1.54 bits per heavy atom. The van der Waals surface area contributed by atoms with Crippen molar-refractivity contribution in [1.29, 1.82) is 0 Å². The van der Waals surface area contributed by atoms with Gasteiger partial charge >= 0.3 is 169 Å². The maximum absolute atomic E-state index is 13.3. The van der Waals surface area contributed by atoms with E-state index in [9.17, 15) is 60.3 Å². The minimum absolute atomic E-state index is 0. The van der Waals surface area contributed by atoms with Crippen molar-refractivity contribution in [3.8, 4) is 0 Å². The number of rotatable bonds is 21. The van der Waals surface area contributed by atoms with Gasteiger partial charge in [-0.2, -0.15) is 77.4 Å². The number of hydrogen-bond acceptors (Lipinski definition) is 30. The Morgan fingerprint density at radius 2 is 1.07 bits per heavy atom. The van der Waals surface area contributed by atoms with Gasteiger partial charge in [0, 0.05) is 29.2 Å². The van der Waals surface area contributed by atoms with Gasteiger partial charge in [-0.15, -0.1) is 25.3 Å². The molecule has 6 rings (SSSR count). The summed E-state index contributed by atoms with van der Waals surface area (Å²) >= 11 is 0. The van der Waals surface area contributed by atoms with Crippen molar-refractivity contribution in [2.75, 3.05) is 34.1 Å². The number of hydrogen-bond donors (Lipinski definition) is 5. The summed E-state index contributed by atoms with van der Waals surface area (Å²) in [5.74, 6) is -2.83. The fourth-order valence-electron chi connectivity index (χ4n) is 6.19. The monoisotopic (exact) mass is 1330 g/mol. The Morgan fingerprint density at radius 1 is 0.602 bits per heavy atom. The average molecular weight is 1330 g/mol. The molecule has 0 aliphatic carbocycles. The maximum Gasteiger partial charge on any atom is 1.00 e. The van der Waals surface area contributed by atoms with Crippen LogP contribution in [0.4, 0.5) is 46.5 Å². The zero-order valence-electron chi connectivity index (χ0n) is 44.5. The van der Waals surface area contributed by atoms with Crippen molar-refractivity contribution in [2.24, 2.45) is 0 Å². The van der Waals surface area contributed by atoms with Crippen molar-refractivity contribution < 1.29 is 238 Å². The zero-order chi connectivity index (χ0) is 58.4. The van der Waals surface area contributed by atoms with Crippen molar-refractivity contribution in [3.63, 3.8) is 0 Å². The molecule has 0 spiro atoms. The number of aromatic nitrogens is 6. The molecule has 83 heavy (non-hydrogen) atoms. The molecule has 0 radical (unpaired) electrons. The van der Waals surface area contributed by atoms with Gasteiger partial charge in [0.15, 0.2) is 0 Å². The smallest absolute Gasteiger partial charge is 0.748 e. The first kappa shape index (κ1) is 82.7. The van der Waals surface area contributed by atoms with E-state index in [0.717, 1.165) is 37.4 Å². The van der Waals surface area contributed by atoms with Crippen molar-refractivity contribution in [1.82, 2.24) is 29.9 Å². The van der Waals surface area contributed by atoms with Crippen molar-refractivity contribution in [3.05, 3.63) is 120 Å². The second-order valence-electron chi connectivity index (χ2n) is 15.0. The van der Waals surface area contributed by atoms with E-state index in [4.69, 9.17) is 29.4 Å². The number of aryl methyl sites for hydroxylation is 3. The summed E-state index contributed by atoms with van der Waals surface area (Å²) in [6.45, 7) is 5.46. The molecule has 420 valence electrons. The Hall–Kier alpha value is -2.37. The summed E-state index contributed by atoms with van der Waals surface area (Å²) in [5.41, 5.74) is 0.785. The third-order valence-corrected chi connectivity index (χ3v) is 13.8. The number of nitrogens with zero attached hydrogens (tertiary/aromatic N) is 6. The largest absolute Gasteiger partial charge is 1.00 e. The molecule has 0 saturated carbocycles. The van der Waals surface area contributed by atoms with Gasteiger partial charge in [-0.25, -0.2) is 25.3 Å². The average Bonchev–Trinajstić information content (AvgIpc) is 3.30. The quantitative estimate of drug-likeness (QED) is 0.0147. The van der Waals surface area contributed by atoms with Gasteiger partial charge < -0.3 is 41.8 Å². The van der Waals surface area contributed by atoms with Crippen LogP contribution in [0.1, 0.15) is 40.3 Å². The second-order valence-corrected chi connectivity index (χ2v) is 23.2. The third kappa shape index (κ3) is 29.5. The standard InChI is InChI=1S/C40H40N10O15S5.5Na.2O3S/c1-4-7-35-45-38(50-40(46-35)44-32-22-30(68(57,58)59)17-10-24(32)2)42-29-16-14-26(34(21-29)70(63,64)65-3)12-11-25-13-15-28(20-27(25)23-67(54,55)56)41-37-47-36(18-19-66(51,52)53)48-39(49-37)43-31-8-5-6-9-33(31)69(60,61)62;;;;;;2*1-4(2)3/h6,8-17,20-22H,1,4,7,18-19,23H2,2-3H3,(H,51,52,53)(H,54,55,56)(H,57,58,59)(H,60,61,62)(H2,41,43,47,48,49)(H2,42,44,45,46,50);;;;;;;/q-2;5*+1;;/p-3/b12-11+;;;;;;;. The summed E-state index contributed by atoms with van der Waals surface area (Å²) in [6.07, 6.45) is 2.76. The summed E-state index contributed by atoms with van der Waals surface area (Å²) in [7, 11) is -29.1. The van der Waals surface area contributed by atoms with E-state index in [1.807, 2.05) is 0 Å². The number of benzene rings is 4.